The molecule has 0 heterocycles. The van der Waals surface area contributed by atoms with E-state index in [4.69, 9.17) is 4.74 Å². The molecule has 2 heteroatoms. The molecular weight excluding hydrogens is 300 g/mol. The standard InChI is InChI=1S/C17H19BrO/c1-12-2-7-16(8-3-12)19-17-9-5-13-4-6-15(18)10-14(13)11-17/h4-6,9-12,16H,2-3,7-8H2,1H3. The van der Waals surface area contributed by atoms with Crippen LogP contribution in [0.3, 0.4) is 0 Å². The normalized spacial score (nSPS) is 23.5. The van der Waals surface area contributed by atoms with Gasteiger partial charge < -0.3 is 4.74 Å². The van der Waals surface area contributed by atoms with Crippen molar-refractivity contribution in [3.8, 4) is 5.75 Å². The van der Waals surface area contributed by atoms with E-state index in [0.717, 1.165) is 16.1 Å². The Hall–Kier alpha value is -1.02. The molecule has 0 unspecified atom stereocenters. The van der Waals surface area contributed by atoms with E-state index in [9.17, 15) is 0 Å². The van der Waals surface area contributed by atoms with Crippen molar-refractivity contribution in [1.29, 1.82) is 0 Å². The Kier molecular flexibility index (Phi) is 3.79. The molecule has 0 atom stereocenters. The summed E-state index contributed by atoms with van der Waals surface area (Å²) in [7, 11) is 0. The molecule has 0 saturated heterocycles. The predicted octanol–water partition coefficient (Wildman–Crippen LogP) is 5.56. The van der Waals surface area contributed by atoms with E-state index in [1.54, 1.807) is 0 Å². The van der Waals surface area contributed by atoms with Gasteiger partial charge in [-0.25, -0.2) is 0 Å². The highest BCUT2D eigenvalue weighted by Gasteiger charge is 2.19. The smallest absolute Gasteiger partial charge is 0.120 e. The van der Waals surface area contributed by atoms with Gasteiger partial charge in [0.2, 0.25) is 0 Å². The van der Waals surface area contributed by atoms with Crippen molar-refractivity contribution in [2.75, 3.05) is 0 Å². The zero-order valence-corrected chi connectivity index (χ0v) is 12.8. The van der Waals surface area contributed by atoms with Gasteiger partial charge in [0.15, 0.2) is 0 Å². The summed E-state index contributed by atoms with van der Waals surface area (Å²) in [5.41, 5.74) is 0. The van der Waals surface area contributed by atoms with E-state index < -0.39 is 0 Å². The van der Waals surface area contributed by atoms with Crippen LogP contribution in [0.15, 0.2) is 40.9 Å². The molecule has 0 N–H and O–H groups in total. The fraction of sp³-hybridized carbons (Fsp3) is 0.412. The summed E-state index contributed by atoms with van der Waals surface area (Å²) in [6, 6.07) is 12.7. The lowest BCUT2D eigenvalue weighted by molar-refractivity contribution is 0.136. The predicted molar refractivity (Wildman–Crippen MR) is 83.7 cm³/mol. The molecule has 0 spiro atoms. The van der Waals surface area contributed by atoms with Crippen molar-refractivity contribution in [2.45, 2.75) is 38.7 Å². The Morgan fingerprint density at radius 1 is 0.947 bits per heavy atom. The molecule has 19 heavy (non-hydrogen) atoms. The molecular formula is C17H19BrO. The lowest BCUT2D eigenvalue weighted by Crippen LogP contribution is -2.22. The minimum atomic E-state index is 0.404. The summed E-state index contributed by atoms with van der Waals surface area (Å²) in [4.78, 5) is 0. The molecule has 1 nitrogen and oxygen atoms in total. The number of fused-ring (bicyclic) bond motifs is 1. The number of hydrogen-bond acceptors (Lipinski definition) is 1. The van der Waals surface area contributed by atoms with Gasteiger partial charge in [0.25, 0.3) is 0 Å². The summed E-state index contributed by atoms with van der Waals surface area (Å²) in [5, 5.41) is 2.49. The quantitative estimate of drug-likeness (QED) is 0.704. The van der Waals surface area contributed by atoms with Gasteiger partial charge in [-0.2, -0.15) is 0 Å². The molecule has 0 radical (unpaired) electrons. The second kappa shape index (κ2) is 5.54. The van der Waals surface area contributed by atoms with Crippen LogP contribution in [0, 0.1) is 5.92 Å². The lowest BCUT2D eigenvalue weighted by atomic mass is 9.89. The summed E-state index contributed by atoms with van der Waals surface area (Å²) in [5.74, 6) is 1.87. The van der Waals surface area contributed by atoms with Crippen LogP contribution in [0.5, 0.6) is 5.75 Å². The Morgan fingerprint density at radius 2 is 1.68 bits per heavy atom. The number of ether oxygens (including phenoxy) is 1. The summed E-state index contributed by atoms with van der Waals surface area (Å²) < 4.78 is 7.25. The maximum atomic E-state index is 6.14. The number of hydrogen-bond donors (Lipinski definition) is 0. The molecule has 0 amide bonds. The molecule has 2 aromatic rings. The first-order valence-electron chi connectivity index (χ1n) is 7.07. The van der Waals surface area contributed by atoms with Gasteiger partial charge in [0.1, 0.15) is 5.75 Å². The fourth-order valence-electron chi connectivity index (χ4n) is 2.81. The first-order chi connectivity index (χ1) is 9.20. The summed E-state index contributed by atoms with van der Waals surface area (Å²) >= 11 is 3.52. The van der Waals surface area contributed by atoms with Gasteiger partial charge in [-0.05, 0) is 66.6 Å². The van der Waals surface area contributed by atoms with Crippen LogP contribution in [0.4, 0.5) is 0 Å². The highest BCUT2D eigenvalue weighted by atomic mass is 79.9. The number of rotatable bonds is 2. The molecule has 0 aliphatic heterocycles. The lowest BCUT2D eigenvalue weighted by Gasteiger charge is -2.27. The van der Waals surface area contributed by atoms with Crippen LogP contribution < -0.4 is 4.74 Å². The van der Waals surface area contributed by atoms with Gasteiger partial charge in [0, 0.05) is 4.47 Å². The average molecular weight is 319 g/mol. The second-order valence-corrected chi connectivity index (χ2v) is 6.57. The van der Waals surface area contributed by atoms with Gasteiger partial charge in [-0.1, -0.05) is 35.0 Å². The van der Waals surface area contributed by atoms with Crippen LogP contribution in [0.1, 0.15) is 32.6 Å². The molecule has 0 bridgehead atoms. The van der Waals surface area contributed by atoms with E-state index >= 15 is 0 Å². The maximum Gasteiger partial charge on any atom is 0.120 e. The van der Waals surface area contributed by atoms with Crippen molar-refractivity contribution >= 4 is 26.7 Å². The molecule has 1 aliphatic rings. The Balaban J connectivity index is 1.77. The zero-order valence-electron chi connectivity index (χ0n) is 11.2. The van der Waals surface area contributed by atoms with Gasteiger partial charge >= 0.3 is 0 Å². The van der Waals surface area contributed by atoms with Crippen molar-refractivity contribution in [2.24, 2.45) is 5.92 Å². The van der Waals surface area contributed by atoms with Crippen molar-refractivity contribution in [3.05, 3.63) is 40.9 Å². The van der Waals surface area contributed by atoms with E-state index in [2.05, 4.69) is 59.3 Å². The molecule has 1 aliphatic carbocycles. The van der Waals surface area contributed by atoms with Gasteiger partial charge in [-0.3, -0.25) is 0 Å². The minimum absolute atomic E-state index is 0.404. The van der Waals surface area contributed by atoms with Crippen molar-refractivity contribution in [1.82, 2.24) is 0 Å². The van der Waals surface area contributed by atoms with Gasteiger partial charge in [-0.15, -0.1) is 0 Å². The molecule has 1 saturated carbocycles. The Labute approximate surface area is 123 Å². The third-order valence-corrected chi connectivity index (χ3v) is 4.53. The van der Waals surface area contributed by atoms with Crippen LogP contribution in [0.2, 0.25) is 0 Å². The monoisotopic (exact) mass is 318 g/mol. The van der Waals surface area contributed by atoms with Crippen LogP contribution in [-0.2, 0) is 0 Å². The van der Waals surface area contributed by atoms with Crippen LogP contribution in [-0.4, -0.2) is 6.10 Å². The highest BCUT2D eigenvalue weighted by molar-refractivity contribution is 9.10. The van der Waals surface area contributed by atoms with Crippen molar-refractivity contribution in [3.63, 3.8) is 0 Å². The molecule has 0 aromatic heterocycles. The summed E-state index contributed by atoms with van der Waals surface area (Å²) in [6.07, 6.45) is 5.38. The SMILES string of the molecule is CC1CCC(Oc2ccc3ccc(Br)cc3c2)CC1. The van der Waals surface area contributed by atoms with E-state index in [-0.39, 0.29) is 0 Å². The highest BCUT2D eigenvalue weighted by Crippen LogP contribution is 2.29. The average Bonchev–Trinajstić information content (AvgIpc) is 2.41. The molecule has 2 aromatic carbocycles. The second-order valence-electron chi connectivity index (χ2n) is 5.65. The van der Waals surface area contributed by atoms with E-state index in [0.29, 0.717) is 6.10 Å². The molecule has 1 fully saturated rings. The third kappa shape index (κ3) is 3.11. The number of halogens is 1. The third-order valence-electron chi connectivity index (χ3n) is 4.04. The maximum absolute atomic E-state index is 6.14. The van der Waals surface area contributed by atoms with E-state index in [1.165, 1.54) is 36.5 Å². The minimum Gasteiger partial charge on any atom is -0.490 e. The first-order valence-corrected chi connectivity index (χ1v) is 7.86. The number of benzene rings is 2. The fourth-order valence-corrected chi connectivity index (χ4v) is 3.19. The topological polar surface area (TPSA) is 9.23 Å². The first kappa shape index (κ1) is 13.0. The Morgan fingerprint density at radius 3 is 2.47 bits per heavy atom. The van der Waals surface area contributed by atoms with Crippen LogP contribution >= 0.6 is 15.9 Å². The molecule has 100 valence electrons. The van der Waals surface area contributed by atoms with E-state index in [1.807, 2.05) is 0 Å². The Bertz CT molecular complexity index is 570. The van der Waals surface area contributed by atoms with Crippen molar-refractivity contribution < 1.29 is 4.74 Å². The zero-order chi connectivity index (χ0) is 13.2. The van der Waals surface area contributed by atoms with Gasteiger partial charge in [0.05, 0.1) is 6.10 Å². The molecule has 3 rings (SSSR count). The summed E-state index contributed by atoms with van der Waals surface area (Å²) in [6.45, 7) is 2.34. The van der Waals surface area contributed by atoms with Crippen LogP contribution in [0.25, 0.3) is 10.8 Å². The largest absolute Gasteiger partial charge is 0.490 e.